The number of hydrogen-bond acceptors (Lipinski definition) is 2. The van der Waals surface area contributed by atoms with Gasteiger partial charge in [0.15, 0.2) is 0 Å². The van der Waals surface area contributed by atoms with Crippen LogP contribution in [-0.2, 0) is 9.59 Å². The molecule has 1 aliphatic rings. The van der Waals surface area contributed by atoms with Crippen molar-refractivity contribution < 1.29 is 14.7 Å². The van der Waals surface area contributed by atoms with E-state index in [9.17, 15) is 14.7 Å². The highest BCUT2D eigenvalue weighted by atomic mass is 16.4. The van der Waals surface area contributed by atoms with Crippen LogP contribution in [0.5, 0.6) is 0 Å². The molecule has 0 aromatic rings. The molecule has 4 heteroatoms. The molecule has 0 aliphatic heterocycles. The van der Waals surface area contributed by atoms with Crippen LogP contribution in [-0.4, -0.2) is 33.5 Å². The number of hydrogen-bond donors (Lipinski definition) is 1. The first-order valence-electron chi connectivity index (χ1n) is 5.84. The second kappa shape index (κ2) is 4.44. The Morgan fingerprint density at radius 3 is 2.25 bits per heavy atom. The summed E-state index contributed by atoms with van der Waals surface area (Å²) < 4.78 is 0. The maximum atomic E-state index is 11.7. The van der Waals surface area contributed by atoms with Crippen molar-refractivity contribution in [2.24, 2.45) is 5.92 Å². The summed E-state index contributed by atoms with van der Waals surface area (Å²) in [5, 5.41) is 9.46. The van der Waals surface area contributed by atoms with Crippen LogP contribution in [0.15, 0.2) is 0 Å². The summed E-state index contributed by atoms with van der Waals surface area (Å²) in [7, 11) is 0. The van der Waals surface area contributed by atoms with Gasteiger partial charge in [-0.15, -0.1) is 0 Å². The lowest BCUT2D eigenvalue weighted by Gasteiger charge is -2.40. The molecule has 1 saturated carbocycles. The third-order valence-electron chi connectivity index (χ3n) is 3.45. The van der Waals surface area contributed by atoms with Gasteiger partial charge in [-0.05, 0) is 39.0 Å². The second-order valence-electron chi connectivity index (χ2n) is 5.17. The van der Waals surface area contributed by atoms with E-state index in [-0.39, 0.29) is 11.9 Å². The maximum Gasteiger partial charge on any atom is 0.329 e. The van der Waals surface area contributed by atoms with Crippen LogP contribution in [0.4, 0.5) is 0 Å². The van der Waals surface area contributed by atoms with E-state index in [0.29, 0.717) is 18.8 Å². The summed E-state index contributed by atoms with van der Waals surface area (Å²) in [6.07, 6.45) is 2.02. The molecule has 92 valence electrons. The summed E-state index contributed by atoms with van der Waals surface area (Å²) in [5.74, 6) is -0.635. The highest BCUT2D eigenvalue weighted by molar-refractivity contribution is 5.86. The first kappa shape index (κ1) is 13.0. The lowest BCUT2D eigenvalue weighted by Crippen LogP contribution is -2.57. The number of carbonyl (C=O) groups is 2. The average molecular weight is 227 g/mol. The van der Waals surface area contributed by atoms with E-state index in [4.69, 9.17) is 0 Å². The van der Waals surface area contributed by atoms with Gasteiger partial charge in [-0.1, -0.05) is 6.92 Å². The van der Waals surface area contributed by atoms with E-state index >= 15 is 0 Å². The van der Waals surface area contributed by atoms with Crippen molar-refractivity contribution in [3.05, 3.63) is 0 Å². The van der Waals surface area contributed by atoms with Crippen molar-refractivity contribution in [2.75, 3.05) is 0 Å². The maximum absolute atomic E-state index is 11.7. The third kappa shape index (κ3) is 2.06. The van der Waals surface area contributed by atoms with Crippen molar-refractivity contribution in [3.8, 4) is 0 Å². The minimum atomic E-state index is -0.973. The molecule has 1 aliphatic carbocycles. The zero-order valence-corrected chi connectivity index (χ0v) is 10.5. The van der Waals surface area contributed by atoms with Gasteiger partial charge in [0.25, 0.3) is 0 Å². The van der Waals surface area contributed by atoms with Crippen molar-refractivity contribution in [1.82, 2.24) is 4.90 Å². The Hall–Kier alpha value is -1.06. The van der Waals surface area contributed by atoms with E-state index in [1.54, 1.807) is 4.90 Å². The fourth-order valence-corrected chi connectivity index (χ4v) is 2.94. The number of carboxylic acid groups (broad SMARTS) is 1. The number of nitrogens with zero attached hydrogens (tertiary/aromatic N) is 1. The highest BCUT2D eigenvalue weighted by Crippen LogP contribution is 2.40. The topological polar surface area (TPSA) is 57.6 Å². The Morgan fingerprint density at radius 1 is 1.44 bits per heavy atom. The van der Waals surface area contributed by atoms with Crippen molar-refractivity contribution in [2.45, 2.75) is 58.5 Å². The largest absolute Gasteiger partial charge is 0.479 e. The summed E-state index contributed by atoms with van der Waals surface area (Å²) in [5.41, 5.74) is -0.973. The Morgan fingerprint density at radius 2 is 2.00 bits per heavy atom. The smallest absolute Gasteiger partial charge is 0.329 e. The van der Waals surface area contributed by atoms with Gasteiger partial charge in [-0.25, -0.2) is 4.79 Å². The van der Waals surface area contributed by atoms with Gasteiger partial charge in [0, 0.05) is 13.0 Å². The van der Waals surface area contributed by atoms with E-state index in [1.165, 1.54) is 6.92 Å². The Balaban J connectivity index is 3.10. The van der Waals surface area contributed by atoms with Crippen LogP contribution in [0, 0.1) is 5.92 Å². The van der Waals surface area contributed by atoms with E-state index in [0.717, 1.165) is 6.42 Å². The summed E-state index contributed by atoms with van der Waals surface area (Å²) >= 11 is 0. The highest BCUT2D eigenvalue weighted by Gasteiger charge is 2.50. The van der Waals surface area contributed by atoms with E-state index in [1.807, 2.05) is 20.8 Å². The summed E-state index contributed by atoms with van der Waals surface area (Å²) in [6.45, 7) is 7.24. The fraction of sp³-hybridized carbons (Fsp3) is 0.833. The summed E-state index contributed by atoms with van der Waals surface area (Å²) in [4.78, 5) is 24.7. The number of amides is 1. The molecule has 2 atom stereocenters. The quantitative estimate of drug-likeness (QED) is 0.801. The lowest BCUT2D eigenvalue weighted by atomic mass is 9.92. The Kier molecular flexibility index (Phi) is 3.61. The monoisotopic (exact) mass is 227 g/mol. The molecule has 0 spiro atoms. The number of rotatable bonds is 3. The number of aliphatic carboxylic acids is 1. The van der Waals surface area contributed by atoms with Crippen LogP contribution in [0.3, 0.4) is 0 Å². The number of carboxylic acids is 1. The zero-order valence-electron chi connectivity index (χ0n) is 10.5. The molecule has 0 aromatic carbocycles. The Labute approximate surface area is 96.6 Å². The standard InChI is InChI=1S/C12H21NO3/c1-8(2)13(10(4)14)12(11(15)16)6-5-9(3)7-12/h8-9H,5-7H2,1-4H3,(H,15,16). The predicted molar refractivity (Wildman–Crippen MR) is 61.0 cm³/mol. The average Bonchev–Trinajstić information content (AvgIpc) is 2.47. The zero-order chi connectivity index (χ0) is 12.5. The van der Waals surface area contributed by atoms with Gasteiger partial charge in [0.05, 0.1) is 0 Å². The molecule has 2 unspecified atom stereocenters. The minimum Gasteiger partial charge on any atom is -0.479 e. The SMILES string of the molecule is CC(=O)N(C(C)C)C1(C(=O)O)CCC(C)C1. The third-order valence-corrected chi connectivity index (χ3v) is 3.45. The molecule has 0 bridgehead atoms. The number of carbonyl (C=O) groups excluding carboxylic acids is 1. The Bertz CT molecular complexity index is 301. The molecule has 0 radical (unpaired) electrons. The summed E-state index contributed by atoms with van der Waals surface area (Å²) in [6, 6.07) is -0.0705. The first-order chi connectivity index (χ1) is 7.31. The molecular weight excluding hydrogens is 206 g/mol. The predicted octanol–water partition coefficient (Wildman–Crippen LogP) is 1.89. The van der Waals surface area contributed by atoms with Crippen LogP contribution < -0.4 is 0 Å². The molecule has 16 heavy (non-hydrogen) atoms. The van der Waals surface area contributed by atoms with Crippen LogP contribution in [0.2, 0.25) is 0 Å². The van der Waals surface area contributed by atoms with Crippen LogP contribution >= 0.6 is 0 Å². The lowest BCUT2D eigenvalue weighted by molar-refractivity contribution is -0.160. The van der Waals surface area contributed by atoms with Gasteiger partial charge >= 0.3 is 5.97 Å². The van der Waals surface area contributed by atoms with E-state index < -0.39 is 11.5 Å². The van der Waals surface area contributed by atoms with Crippen molar-refractivity contribution in [3.63, 3.8) is 0 Å². The normalized spacial score (nSPS) is 29.4. The van der Waals surface area contributed by atoms with Gasteiger partial charge in [-0.2, -0.15) is 0 Å². The molecule has 1 rings (SSSR count). The van der Waals surface area contributed by atoms with Gasteiger partial charge in [0.1, 0.15) is 5.54 Å². The van der Waals surface area contributed by atoms with Crippen LogP contribution in [0.25, 0.3) is 0 Å². The molecule has 1 N–H and O–H groups in total. The molecule has 4 nitrogen and oxygen atoms in total. The molecular formula is C12H21NO3. The fourth-order valence-electron chi connectivity index (χ4n) is 2.94. The van der Waals surface area contributed by atoms with Crippen LogP contribution in [0.1, 0.15) is 47.0 Å². The minimum absolute atomic E-state index is 0.0705. The van der Waals surface area contributed by atoms with Gasteiger partial charge in [-0.3, -0.25) is 4.79 Å². The first-order valence-corrected chi connectivity index (χ1v) is 5.84. The molecule has 1 fully saturated rings. The molecule has 0 aromatic heterocycles. The van der Waals surface area contributed by atoms with Crippen molar-refractivity contribution in [1.29, 1.82) is 0 Å². The van der Waals surface area contributed by atoms with Gasteiger partial charge < -0.3 is 10.0 Å². The molecule has 0 saturated heterocycles. The van der Waals surface area contributed by atoms with E-state index in [2.05, 4.69) is 0 Å². The molecule has 0 heterocycles. The van der Waals surface area contributed by atoms with Crippen molar-refractivity contribution >= 4 is 11.9 Å². The van der Waals surface area contributed by atoms with Gasteiger partial charge in [0.2, 0.25) is 5.91 Å². The second-order valence-corrected chi connectivity index (χ2v) is 5.17. The molecule has 1 amide bonds.